The van der Waals surface area contributed by atoms with Crippen molar-refractivity contribution < 1.29 is 19.0 Å². The largest absolute Gasteiger partial charge is 0.497 e. The molecule has 0 radical (unpaired) electrons. The summed E-state index contributed by atoms with van der Waals surface area (Å²) >= 11 is 0. The number of ether oxygens (including phenoxy) is 3. The molecule has 2 atom stereocenters. The lowest BCUT2D eigenvalue weighted by Crippen LogP contribution is -2.41. The fourth-order valence-corrected chi connectivity index (χ4v) is 4.87. The third-order valence-electron chi connectivity index (χ3n) is 6.45. The van der Waals surface area contributed by atoms with Gasteiger partial charge in [0.05, 0.1) is 25.7 Å². The van der Waals surface area contributed by atoms with E-state index >= 15 is 0 Å². The predicted octanol–water partition coefficient (Wildman–Crippen LogP) is 3.62. The van der Waals surface area contributed by atoms with E-state index in [9.17, 15) is 4.79 Å². The van der Waals surface area contributed by atoms with Crippen LogP contribution in [-0.4, -0.2) is 56.9 Å². The summed E-state index contributed by atoms with van der Waals surface area (Å²) < 4.78 is 16.3. The molecule has 1 saturated carbocycles. The Morgan fingerprint density at radius 1 is 1.15 bits per heavy atom. The van der Waals surface area contributed by atoms with Gasteiger partial charge < -0.3 is 14.2 Å². The quantitative estimate of drug-likeness (QED) is 0.711. The number of hydrogen-bond donors (Lipinski definition) is 0. The Balaban J connectivity index is 1.76. The summed E-state index contributed by atoms with van der Waals surface area (Å²) in [6, 6.07) is 8.64. The molecule has 2 fully saturated rings. The molecule has 0 bridgehead atoms. The third-order valence-corrected chi connectivity index (χ3v) is 6.45. The Morgan fingerprint density at radius 2 is 1.81 bits per heavy atom. The minimum Gasteiger partial charge on any atom is -0.497 e. The van der Waals surface area contributed by atoms with Crippen molar-refractivity contribution in [2.24, 2.45) is 5.41 Å². The molecule has 0 aromatic heterocycles. The van der Waals surface area contributed by atoms with Gasteiger partial charge in [-0.15, -0.1) is 0 Å². The van der Waals surface area contributed by atoms with E-state index in [4.69, 9.17) is 14.2 Å². The van der Waals surface area contributed by atoms with E-state index < -0.39 is 5.41 Å². The van der Waals surface area contributed by atoms with Gasteiger partial charge in [0.25, 0.3) is 0 Å². The van der Waals surface area contributed by atoms with Crippen molar-refractivity contribution in [2.45, 2.75) is 57.6 Å². The van der Waals surface area contributed by atoms with E-state index in [-0.39, 0.29) is 11.9 Å². The highest BCUT2D eigenvalue weighted by molar-refractivity contribution is 5.78. The first-order chi connectivity index (χ1) is 13.0. The zero-order chi connectivity index (χ0) is 19.4. The van der Waals surface area contributed by atoms with Crippen LogP contribution in [0.3, 0.4) is 0 Å². The lowest BCUT2D eigenvalue weighted by molar-refractivity contribution is -0.151. The average Bonchev–Trinajstić information content (AvgIpc) is 3.07. The highest BCUT2D eigenvalue weighted by atomic mass is 16.5. The topological polar surface area (TPSA) is 48.0 Å². The molecule has 0 N–H and O–H groups in total. The molecule has 1 aliphatic carbocycles. The van der Waals surface area contributed by atoms with E-state index in [1.54, 1.807) is 7.11 Å². The van der Waals surface area contributed by atoms with Crippen LogP contribution in [0.4, 0.5) is 0 Å². The van der Waals surface area contributed by atoms with Crippen molar-refractivity contribution in [1.82, 2.24) is 4.90 Å². The molecule has 1 saturated heterocycles. The zero-order valence-electron chi connectivity index (χ0n) is 17.1. The Hall–Kier alpha value is -1.59. The van der Waals surface area contributed by atoms with Crippen LogP contribution >= 0.6 is 0 Å². The SMILES string of the molecule is CCOC1CCC(N2CC(c3ccc(OC)cc3)C(C)(C(=O)OC)C2)CC1. The summed E-state index contributed by atoms with van der Waals surface area (Å²) in [5, 5.41) is 0. The molecule has 0 spiro atoms. The minimum absolute atomic E-state index is 0.117. The van der Waals surface area contributed by atoms with Crippen molar-refractivity contribution in [2.75, 3.05) is 33.9 Å². The molecule has 1 aromatic rings. The summed E-state index contributed by atoms with van der Waals surface area (Å²) in [6.45, 7) is 6.55. The van der Waals surface area contributed by atoms with E-state index in [1.165, 1.54) is 12.7 Å². The Kier molecular flexibility index (Phi) is 6.43. The summed E-state index contributed by atoms with van der Waals surface area (Å²) in [5.74, 6) is 0.844. The van der Waals surface area contributed by atoms with Gasteiger partial charge in [-0.05, 0) is 57.2 Å². The lowest BCUT2D eigenvalue weighted by atomic mass is 9.76. The minimum atomic E-state index is -0.528. The Morgan fingerprint density at radius 3 is 2.37 bits per heavy atom. The molecule has 2 aliphatic rings. The number of nitrogens with zero attached hydrogens (tertiary/aromatic N) is 1. The van der Waals surface area contributed by atoms with E-state index in [0.717, 1.165) is 51.1 Å². The first-order valence-electron chi connectivity index (χ1n) is 10.1. The number of benzene rings is 1. The van der Waals surface area contributed by atoms with E-state index in [0.29, 0.717) is 12.1 Å². The van der Waals surface area contributed by atoms with Crippen LogP contribution in [0.15, 0.2) is 24.3 Å². The summed E-state index contributed by atoms with van der Waals surface area (Å²) in [5.41, 5.74) is 0.648. The van der Waals surface area contributed by atoms with Gasteiger partial charge in [0.15, 0.2) is 0 Å². The number of methoxy groups -OCH3 is 2. The van der Waals surface area contributed by atoms with Gasteiger partial charge in [-0.2, -0.15) is 0 Å². The molecule has 27 heavy (non-hydrogen) atoms. The number of likely N-dealkylation sites (tertiary alicyclic amines) is 1. The van der Waals surface area contributed by atoms with E-state index in [1.807, 2.05) is 12.1 Å². The van der Waals surface area contributed by atoms with Crippen LogP contribution in [0.2, 0.25) is 0 Å². The van der Waals surface area contributed by atoms with Gasteiger partial charge in [-0.25, -0.2) is 0 Å². The normalized spacial score (nSPS) is 31.6. The second-order valence-corrected chi connectivity index (χ2v) is 8.05. The Labute approximate surface area is 163 Å². The van der Waals surface area contributed by atoms with Gasteiger partial charge in [0.2, 0.25) is 0 Å². The molecule has 3 rings (SSSR count). The molecule has 5 heteroatoms. The second kappa shape index (κ2) is 8.61. The highest BCUT2D eigenvalue weighted by Crippen LogP contribution is 2.46. The maximum atomic E-state index is 12.7. The molecule has 1 aliphatic heterocycles. The fourth-order valence-electron chi connectivity index (χ4n) is 4.87. The molecule has 2 unspecified atom stereocenters. The van der Waals surface area contributed by atoms with Crippen molar-refractivity contribution in [1.29, 1.82) is 0 Å². The van der Waals surface area contributed by atoms with Gasteiger partial charge in [0, 0.05) is 31.7 Å². The van der Waals surface area contributed by atoms with Gasteiger partial charge >= 0.3 is 5.97 Å². The monoisotopic (exact) mass is 375 g/mol. The highest BCUT2D eigenvalue weighted by Gasteiger charge is 2.51. The third kappa shape index (κ3) is 4.14. The van der Waals surface area contributed by atoms with Gasteiger partial charge in [0.1, 0.15) is 5.75 Å². The van der Waals surface area contributed by atoms with E-state index in [2.05, 4.69) is 30.9 Å². The van der Waals surface area contributed by atoms with Gasteiger partial charge in [-0.3, -0.25) is 9.69 Å². The smallest absolute Gasteiger partial charge is 0.313 e. The van der Waals surface area contributed by atoms with Crippen molar-refractivity contribution in [3.8, 4) is 5.75 Å². The van der Waals surface area contributed by atoms with Crippen molar-refractivity contribution in [3.63, 3.8) is 0 Å². The van der Waals surface area contributed by atoms with Crippen molar-refractivity contribution >= 4 is 5.97 Å². The molecule has 1 heterocycles. The summed E-state index contributed by atoms with van der Waals surface area (Å²) in [6.07, 6.45) is 4.89. The molecular weight excluding hydrogens is 342 g/mol. The second-order valence-electron chi connectivity index (χ2n) is 8.05. The maximum absolute atomic E-state index is 12.7. The molecular formula is C22H33NO4. The molecule has 150 valence electrons. The average molecular weight is 376 g/mol. The molecule has 1 aromatic carbocycles. The number of rotatable bonds is 6. The molecule has 0 amide bonds. The molecule has 5 nitrogen and oxygen atoms in total. The number of hydrogen-bond acceptors (Lipinski definition) is 5. The first-order valence-corrected chi connectivity index (χ1v) is 10.1. The van der Waals surface area contributed by atoms with Crippen molar-refractivity contribution in [3.05, 3.63) is 29.8 Å². The van der Waals surface area contributed by atoms with Gasteiger partial charge in [-0.1, -0.05) is 12.1 Å². The number of carbonyl (C=O) groups excluding carboxylic acids is 1. The summed E-state index contributed by atoms with van der Waals surface area (Å²) in [7, 11) is 3.16. The summed E-state index contributed by atoms with van der Waals surface area (Å²) in [4.78, 5) is 15.2. The standard InChI is InChI=1S/C22H33NO4/c1-5-27-19-12-8-17(9-13-19)23-14-20(22(2,15-23)21(24)26-4)16-6-10-18(25-3)11-7-16/h6-7,10-11,17,19-20H,5,8-9,12-15H2,1-4H3. The van der Waals surface area contributed by atoms with Crippen LogP contribution in [0, 0.1) is 5.41 Å². The number of esters is 1. The van der Waals surface area contributed by atoms with Crippen LogP contribution in [0.25, 0.3) is 0 Å². The maximum Gasteiger partial charge on any atom is 0.313 e. The predicted molar refractivity (Wildman–Crippen MR) is 105 cm³/mol. The van der Waals surface area contributed by atoms with Crippen LogP contribution in [0.1, 0.15) is 51.0 Å². The fraction of sp³-hybridized carbons (Fsp3) is 0.682. The van der Waals surface area contributed by atoms with Crippen LogP contribution in [0.5, 0.6) is 5.75 Å². The zero-order valence-corrected chi connectivity index (χ0v) is 17.1. The Bertz CT molecular complexity index is 624. The van der Waals surface area contributed by atoms with Crippen LogP contribution < -0.4 is 4.74 Å². The first kappa shape index (κ1) is 20.2. The number of carbonyl (C=O) groups is 1. The lowest BCUT2D eigenvalue weighted by Gasteiger charge is -2.35. The van der Waals surface area contributed by atoms with Crippen LogP contribution in [-0.2, 0) is 14.3 Å².